The molecule has 3 aliphatic rings. The van der Waals surface area contributed by atoms with Gasteiger partial charge in [0.2, 0.25) is 10.0 Å². The van der Waals surface area contributed by atoms with Gasteiger partial charge in [-0.2, -0.15) is 4.31 Å². The van der Waals surface area contributed by atoms with Crippen LogP contribution in [-0.4, -0.2) is 49.8 Å². The first-order valence-corrected chi connectivity index (χ1v) is 10.3. The minimum atomic E-state index is -3.33. The zero-order chi connectivity index (χ0) is 16.0. The molecule has 0 amide bonds. The van der Waals surface area contributed by atoms with Crippen LogP contribution in [0.2, 0.25) is 0 Å². The molecule has 1 heterocycles. The number of fused-ring (bicyclic) bond motifs is 2. The Kier molecular flexibility index (Phi) is 3.98. The number of piperazine rings is 1. The summed E-state index contributed by atoms with van der Waals surface area (Å²) in [7, 11) is -3.33. The van der Waals surface area contributed by atoms with Gasteiger partial charge in [0, 0.05) is 32.2 Å². The Bertz CT molecular complexity index is 663. The number of sulfonamides is 1. The predicted octanol–water partition coefficient (Wildman–Crippen LogP) is 2.49. The highest BCUT2D eigenvalue weighted by Crippen LogP contribution is 2.46. The highest BCUT2D eigenvalue weighted by Gasteiger charge is 2.43. The smallest absolute Gasteiger partial charge is 0.243 e. The van der Waals surface area contributed by atoms with Gasteiger partial charge < -0.3 is 0 Å². The molecule has 0 N–H and O–H groups in total. The average Bonchev–Trinajstić information content (AvgIpc) is 3.18. The van der Waals surface area contributed by atoms with E-state index in [1.54, 1.807) is 16.4 Å². The van der Waals surface area contributed by atoms with Crippen molar-refractivity contribution in [1.82, 2.24) is 9.21 Å². The Hall–Kier alpha value is -0.910. The topological polar surface area (TPSA) is 40.6 Å². The summed E-state index contributed by atoms with van der Waals surface area (Å²) in [5.41, 5.74) is 1.09. The Balaban J connectivity index is 1.42. The molecule has 5 heteroatoms. The maximum absolute atomic E-state index is 12.8. The fourth-order valence-electron chi connectivity index (χ4n) is 4.79. The molecule has 0 radical (unpaired) electrons. The summed E-state index contributed by atoms with van der Waals surface area (Å²) in [4.78, 5) is 2.99. The van der Waals surface area contributed by atoms with Crippen LogP contribution in [0.1, 0.15) is 31.2 Å². The first-order chi connectivity index (χ1) is 11.0. The highest BCUT2D eigenvalue weighted by molar-refractivity contribution is 7.89. The van der Waals surface area contributed by atoms with Crippen molar-refractivity contribution in [2.24, 2.45) is 11.8 Å². The van der Waals surface area contributed by atoms with E-state index >= 15 is 0 Å². The first kappa shape index (κ1) is 15.6. The van der Waals surface area contributed by atoms with Crippen LogP contribution in [0.3, 0.4) is 0 Å². The lowest BCUT2D eigenvalue weighted by atomic mass is 9.93. The van der Waals surface area contributed by atoms with Gasteiger partial charge in [0.1, 0.15) is 0 Å². The van der Waals surface area contributed by atoms with Gasteiger partial charge in [-0.3, -0.25) is 4.90 Å². The first-order valence-electron chi connectivity index (χ1n) is 8.85. The van der Waals surface area contributed by atoms with Crippen molar-refractivity contribution in [2.75, 3.05) is 26.2 Å². The van der Waals surface area contributed by atoms with Gasteiger partial charge >= 0.3 is 0 Å². The molecule has 2 bridgehead atoms. The third kappa shape index (κ3) is 2.83. The SMILES string of the molecule is Cc1ccc(S(=O)(=O)N2CCN([C@H]3C[C@H]4CC[C@@H]3C4)CC2)cc1. The molecule has 1 aliphatic heterocycles. The maximum Gasteiger partial charge on any atom is 0.243 e. The van der Waals surface area contributed by atoms with Crippen LogP contribution in [0.25, 0.3) is 0 Å². The second kappa shape index (κ2) is 5.87. The Morgan fingerprint density at radius 1 is 0.957 bits per heavy atom. The summed E-state index contributed by atoms with van der Waals surface area (Å²) in [5.74, 6) is 1.82. The fourth-order valence-corrected chi connectivity index (χ4v) is 6.22. The molecule has 1 saturated heterocycles. The predicted molar refractivity (Wildman–Crippen MR) is 90.7 cm³/mol. The van der Waals surface area contributed by atoms with E-state index < -0.39 is 10.0 Å². The monoisotopic (exact) mass is 334 g/mol. The quantitative estimate of drug-likeness (QED) is 0.853. The number of hydrogen-bond acceptors (Lipinski definition) is 3. The van der Waals surface area contributed by atoms with Crippen LogP contribution in [-0.2, 0) is 10.0 Å². The molecule has 4 nitrogen and oxygen atoms in total. The van der Waals surface area contributed by atoms with Gasteiger partial charge in [-0.15, -0.1) is 0 Å². The van der Waals surface area contributed by atoms with Crippen LogP contribution >= 0.6 is 0 Å². The largest absolute Gasteiger partial charge is 0.297 e. The van der Waals surface area contributed by atoms with E-state index in [0.717, 1.165) is 36.5 Å². The standard InChI is InChI=1S/C18H26N2O2S/c1-14-2-6-17(7-3-14)23(21,22)20-10-8-19(9-11-20)18-13-15-4-5-16(18)12-15/h2-3,6-7,15-16,18H,4-5,8-13H2,1H3/t15-,16+,18-/m0/s1. The molecule has 4 rings (SSSR count). The molecule has 1 aromatic rings. The molecule has 126 valence electrons. The lowest BCUT2D eigenvalue weighted by molar-refractivity contribution is 0.101. The maximum atomic E-state index is 12.8. The van der Waals surface area contributed by atoms with E-state index in [4.69, 9.17) is 0 Å². The summed E-state index contributed by atoms with van der Waals surface area (Å²) >= 11 is 0. The minimum Gasteiger partial charge on any atom is -0.297 e. The number of hydrogen-bond donors (Lipinski definition) is 0. The summed E-state index contributed by atoms with van der Waals surface area (Å²) in [6.07, 6.45) is 5.56. The van der Waals surface area contributed by atoms with E-state index in [1.807, 2.05) is 19.1 Å². The summed E-state index contributed by atoms with van der Waals surface area (Å²) in [5, 5.41) is 0. The van der Waals surface area contributed by atoms with Crippen molar-refractivity contribution in [3.8, 4) is 0 Å². The molecule has 2 aliphatic carbocycles. The van der Waals surface area contributed by atoms with Gasteiger partial charge in [0.25, 0.3) is 0 Å². The van der Waals surface area contributed by atoms with E-state index in [0.29, 0.717) is 18.0 Å². The van der Waals surface area contributed by atoms with Crippen molar-refractivity contribution in [3.63, 3.8) is 0 Å². The van der Waals surface area contributed by atoms with Crippen molar-refractivity contribution in [1.29, 1.82) is 0 Å². The molecule has 3 atom stereocenters. The van der Waals surface area contributed by atoms with Crippen LogP contribution < -0.4 is 0 Å². The van der Waals surface area contributed by atoms with Crippen molar-refractivity contribution in [3.05, 3.63) is 29.8 Å². The molecule has 0 spiro atoms. The van der Waals surface area contributed by atoms with Gasteiger partial charge in [0.15, 0.2) is 0 Å². The average molecular weight is 334 g/mol. The number of benzene rings is 1. The summed E-state index contributed by atoms with van der Waals surface area (Å²) < 4.78 is 27.2. The molecule has 1 aromatic carbocycles. The van der Waals surface area contributed by atoms with Gasteiger partial charge in [-0.05, 0) is 50.2 Å². The minimum absolute atomic E-state index is 0.427. The van der Waals surface area contributed by atoms with Crippen LogP contribution in [0.5, 0.6) is 0 Å². The van der Waals surface area contributed by atoms with Crippen LogP contribution in [0, 0.1) is 18.8 Å². The second-order valence-corrected chi connectivity index (χ2v) is 9.43. The molecular formula is C18H26N2O2S. The molecule has 23 heavy (non-hydrogen) atoms. The summed E-state index contributed by atoms with van der Waals surface area (Å²) in [6, 6.07) is 7.93. The van der Waals surface area contributed by atoms with E-state index in [9.17, 15) is 8.42 Å². The van der Waals surface area contributed by atoms with Gasteiger partial charge in [-0.1, -0.05) is 24.1 Å². The number of nitrogens with zero attached hydrogens (tertiary/aromatic N) is 2. The molecule has 0 unspecified atom stereocenters. The van der Waals surface area contributed by atoms with Gasteiger partial charge in [-0.25, -0.2) is 8.42 Å². The third-order valence-electron chi connectivity index (χ3n) is 6.10. The zero-order valence-corrected chi connectivity index (χ0v) is 14.6. The molecule has 0 aromatic heterocycles. The summed E-state index contributed by atoms with van der Waals surface area (Å²) in [6.45, 7) is 5.01. The van der Waals surface area contributed by atoms with Crippen molar-refractivity contribution in [2.45, 2.75) is 43.5 Å². The lowest BCUT2D eigenvalue weighted by Crippen LogP contribution is -2.53. The van der Waals surface area contributed by atoms with Crippen LogP contribution in [0.15, 0.2) is 29.2 Å². The van der Waals surface area contributed by atoms with E-state index in [1.165, 1.54) is 25.7 Å². The van der Waals surface area contributed by atoms with Crippen LogP contribution in [0.4, 0.5) is 0 Å². The molecule has 2 saturated carbocycles. The Morgan fingerprint density at radius 2 is 1.65 bits per heavy atom. The second-order valence-electron chi connectivity index (χ2n) is 7.50. The van der Waals surface area contributed by atoms with Gasteiger partial charge in [0.05, 0.1) is 4.90 Å². The molecule has 3 fully saturated rings. The van der Waals surface area contributed by atoms with E-state index in [-0.39, 0.29) is 0 Å². The fraction of sp³-hybridized carbons (Fsp3) is 0.667. The zero-order valence-electron chi connectivity index (χ0n) is 13.8. The normalized spacial score (nSPS) is 32.5. The third-order valence-corrected chi connectivity index (χ3v) is 8.01. The van der Waals surface area contributed by atoms with Crippen molar-refractivity contribution < 1.29 is 8.42 Å². The highest BCUT2D eigenvalue weighted by atomic mass is 32.2. The number of rotatable bonds is 3. The van der Waals surface area contributed by atoms with E-state index in [2.05, 4.69) is 4.90 Å². The number of aryl methyl sites for hydroxylation is 1. The molecular weight excluding hydrogens is 308 g/mol. The Morgan fingerprint density at radius 3 is 2.22 bits per heavy atom. The Labute approximate surface area is 139 Å². The lowest BCUT2D eigenvalue weighted by Gasteiger charge is -2.40. The van der Waals surface area contributed by atoms with Crippen molar-refractivity contribution >= 4 is 10.0 Å².